The van der Waals surface area contributed by atoms with E-state index in [0.717, 1.165) is 22.8 Å². The first kappa shape index (κ1) is 19.1. The summed E-state index contributed by atoms with van der Waals surface area (Å²) >= 11 is 3.72. The Labute approximate surface area is 138 Å². The number of hydrogen-bond acceptors (Lipinski definition) is 6. The number of nitrogens with two attached hydrogens (primary N) is 1. The Morgan fingerprint density at radius 2 is 1.62 bits per heavy atom. The predicted octanol–water partition coefficient (Wildman–Crippen LogP) is 2.80. The lowest BCUT2D eigenvalue weighted by Gasteiger charge is -2.24. The van der Waals surface area contributed by atoms with Crippen molar-refractivity contribution in [2.24, 2.45) is 5.73 Å². The second-order valence-electron chi connectivity index (χ2n) is 4.89. The Kier molecular flexibility index (Phi) is 9.79. The van der Waals surface area contributed by atoms with Crippen LogP contribution in [0.5, 0.6) is 0 Å². The summed E-state index contributed by atoms with van der Waals surface area (Å²) in [6, 6.07) is 8.26. The number of aliphatic hydroxyl groups is 2. The summed E-state index contributed by atoms with van der Waals surface area (Å²) in [5.74, 6) is 0.915. The van der Waals surface area contributed by atoms with Crippen LogP contribution in [0.3, 0.4) is 0 Å². The van der Waals surface area contributed by atoms with Gasteiger partial charge < -0.3 is 15.9 Å². The lowest BCUT2D eigenvalue weighted by molar-refractivity contribution is 0.115. The highest BCUT2D eigenvalue weighted by molar-refractivity contribution is 8.21. The van der Waals surface area contributed by atoms with Crippen molar-refractivity contribution in [1.29, 1.82) is 0 Å². The minimum absolute atomic E-state index is 0.215. The Hall–Kier alpha value is 0.0800. The summed E-state index contributed by atoms with van der Waals surface area (Å²) in [7, 11) is 0. The SMILES string of the molecule is NC(CO)(CO)CCc1ccc(CSCSCSF)cc1. The second kappa shape index (κ2) is 10.7. The van der Waals surface area contributed by atoms with Crippen LogP contribution in [-0.2, 0) is 12.2 Å². The summed E-state index contributed by atoms with van der Waals surface area (Å²) in [4.78, 5) is 0. The van der Waals surface area contributed by atoms with Crippen LogP contribution in [0.25, 0.3) is 0 Å². The Bertz CT molecular complexity index is 388. The lowest BCUT2D eigenvalue weighted by atomic mass is 9.94. The third-order valence-electron chi connectivity index (χ3n) is 3.13. The maximum Gasteiger partial charge on any atom is 0.0716 e. The van der Waals surface area contributed by atoms with E-state index in [2.05, 4.69) is 24.3 Å². The molecule has 120 valence electrons. The first-order valence-electron chi connectivity index (χ1n) is 6.61. The van der Waals surface area contributed by atoms with Crippen molar-refractivity contribution >= 4 is 35.7 Å². The van der Waals surface area contributed by atoms with E-state index >= 15 is 0 Å². The van der Waals surface area contributed by atoms with Gasteiger partial charge in [0, 0.05) is 10.8 Å². The van der Waals surface area contributed by atoms with E-state index in [1.165, 1.54) is 5.56 Å². The highest BCUT2D eigenvalue weighted by atomic mass is 32.2. The highest BCUT2D eigenvalue weighted by Gasteiger charge is 2.22. The van der Waals surface area contributed by atoms with Crippen molar-refractivity contribution in [2.75, 3.05) is 23.4 Å². The number of benzene rings is 1. The van der Waals surface area contributed by atoms with Gasteiger partial charge in [-0.2, -0.15) is 3.89 Å². The van der Waals surface area contributed by atoms with Gasteiger partial charge in [-0.3, -0.25) is 0 Å². The van der Waals surface area contributed by atoms with Crippen LogP contribution < -0.4 is 5.73 Å². The molecule has 21 heavy (non-hydrogen) atoms. The maximum absolute atomic E-state index is 11.8. The molecule has 0 amide bonds. The van der Waals surface area contributed by atoms with Crippen LogP contribution in [0.4, 0.5) is 3.89 Å². The van der Waals surface area contributed by atoms with Gasteiger partial charge in [0.25, 0.3) is 0 Å². The Balaban J connectivity index is 2.33. The molecule has 0 spiro atoms. The average molecular weight is 352 g/mol. The monoisotopic (exact) mass is 351 g/mol. The first-order chi connectivity index (χ1) is 10.1. The van der Waals surface area contributed by atoms with Crippen LogP contribution in [0.15, 0.2) is 24.3 Å². The van der Waals surface area contributed by atoms with Gasteiger partial charge in [0.15, 0.2) is 0 Å². The molecule has 0 aromatic heterocycles. The largest absolute Gasteiger partial charge is 0.394 e. The minimum Gasteiger partial charge on any atom is -0.394 e. The fourth-order valence-electron chi connectivity index (χ4n) is 1.69. The molecule has 0 aliphatic heterocycles. The third-order valence-corrected chi connectivity index (χ3v) is 6.02. The third kappa shape index (κ3) is 7.76. The molecule has 1 rings (SSSR count). The van der Waals surface area contributed by atoms with Crippen LogP contribution in [0.2, 0.25) is 0 Å². The van der Waals surface area contributed by atoms with Crippen molar-refractivity contribution in [1.82, 2.24) is 0 Å². The number of aryl methyl sites for hydroxylation is 1. The molecule has 0 saturated carbocycles. The van der Waals surface area contributed by atoms with E-state index in [9.17, 15) is 3.89 Å². The van der Waals surface area contributed by atoms with Gasteiger partial charge in [-0.1, -0.05) is 24.3 Å². The quantitative estimate of drug-likeness (QED) is 0.421. The van der Waals surface area contributed by atoms with Crippen molar-refractivity contribution in [3.63, 3.8) is 0 Å². The van der Waals surface area contributed by atoms with Gasteiger partial charge in [0.1, 0.15) is 0 Å². The molecule has 0 saturated heterocycles. The lowest BCUT2D eigenvalue weighted by Crippen LogP contribution is -2.47. The van der Waals surface area contributed by atoms with Gasteiger partial charge in [-0.05, 0) is 24.0 Å². The van der Waals surface area contributed by atoms with E-state index in [-0.39, 0.29) is 13.2 Å². The van der Waals surface area contributed by atoms with E-state index in [1.54, 1.807) is 23.5 Å². The highest BCUT2D eigenvalue weighted by Crippen LogP contribution is 2.21. The number of halogens is 1. The molecule has 7 heteroatoms. The van der Waals surface area contributed by atoms with E-state index < -0.39 is 5.54 Å². The topological polar surface area (TPSA) is 66.5 Å². The summed E-state index contributed by atoms with van der Waals surface area (Å²) in [6.45, 7) is -0.430. The maximum atomic E-state index is 11.8. The molecule has 0 fully saturated rings. The number of rotatable bonds is 11. The van der Waals surface area contributed by atoms with Crippen LogP contribution in [0.1, 0.15) is 17.5 Å². The summed E-state index contributed by atoms with van der Waals surface area (Å²) in [5.41, 5.74) is 7.32. The summed E-state index contributed by atoms with van der Waals surface area (Å²) < 4.78 is 11.8. The fourth-order valence-corrected chi connectivity index (χ4v) is 4.06. The molecular formula is C14H22FNO2S3. The molecule has 0 unspecified atom stereocenters. The zero-order valence-electron chi connectivity index (χ0n) is 11.8. The van der Waals surface area contributed by atoms with Gasteiger partial charge in [0.2, 0.25) is 0 Å². The standard InChI is InChI=1S/C14H22FNO2S3/c15-21-11-20-10-19-7-13-3-1-12(2-4-13)5-6-14(16,8-17)9-18/h1-4,17-18H,5-11,16H2. The van der Waals surface area contributed by atoms with Crippen molar-refractivity contribution in [3.8, 4) is 0 Å². The molecule has 1 aromatic carbocycles. The zero-order chi connectivity index (χ0) is 15.6. The molecular weight excluding hydrogens is 329 g/mol. The van der Waals surface area contributed by atoms with E-state index in [1.807, 2.05) is 0 Å². The van der Waals surface area contributed by atoms with Crippen molar-refractivity contribution in [2.45, 2.75) is 24.1 Å². The van der Waals surface area contributed by atoms with Gasteiger partial charge in [0.05, 0.1) is 36.0 Å². The van der Waals surface area contributed by atoms with Crippen LogP contribution in [0, 0.1) is 0 Å². The minimum atomic E-state index is -0.903. The Morgan fingerprint density at radius 1 is 1.00 bits per heavy atom. The second-order valence-corrected chi connectivity index (χ2v) is 8.10. The molecule has 0 atom stereocenters. The average Bonchev–Trinajstić information content (AvgIpc) is 2.53. The van der Waals surface area contributed by atoms with Gasteiger partial charge in [-0.15, -0.1) is 23.5 Å². The number of aliphatic hydroxyl groups excluding tert-OH is 2. The molecule has 3 nitrogen and oxygen atoms in total. The van der Waals surface area contributed by atoms with Gasteiger partial charge >= 0.3 is 0 Å². The zero-order valence-corrected chi connectivity index (χ0v) is 14.3. The molecule has 0 aliphatic carbocycles. The number of hydrogen-bond donors (Lipinski definition) is 3. The predicted molar refractivity (Wildman–Crippen MR) is 93.2 cm³/mol. The van der Waals surface area contributed by atoms with Crippen molar-refractivity contribution in [3.05, 3.63) is 35.4 Å². The summed E-state index contributed by atoms with van der Waals surface area (Å²) in [5, 5.41) is 19.7. The summed E-state index contributed by atoms with van der Waals surface area (Å²) in [6.07, 6.45) is 1.28. The first-order valence-corrected chi connectivity index (χ1v) is 9.80. The number of thioether (sulfide) groups is 2. The normalized spacial score (nSPS) is 11.8. The molecule has 0 heterocycles. The fraction of sp³-hybridized carbons (Fsp3) is 0.571. The van der Waals surface area contributed by atoms with Gasteiger partial charge in [-0.25, -0.2) is 0 Å². The van der Waals surface area contributed by atoms with Crippen molar-refractivity contribution < 1.29 is 14.1 Å². The smallest absolute Gasteiger partial charge is 0.0716 e. The molecule has 1 aromatic rings. The molecule has 0 radical (unpaired) electrons. The molecule has 0 bridgehead atoms. The molecule has 0 aliphatic rings. The van der Waals surface area contributed by atoms with Crippen LogP contribution >= 0.6 is 35.7 Å². The Morgan fingerprint density at radius 3 is 2.19 bits per heavy atom. The molecule has 4 N–H and O–H groups in total. The van der Waals surface area contributed by atoms with E-state index in [0.29, 0.717) is 23.7 Å². The van der Waals surface area contributed by atoms with E-state index in [4.69, 9.17) is 15.9 Å². The van der Waals surface area contributed by atoms with Crippen LogP contribution in [-0.4, -0.2) is 39.1 Å².